The van der Waals surface area contributed by atoms with Crippen LogP contribution in [-0.2, 0) is 0 Å². The summed E-state index contributed by atoms with van der Waals surface area (Å²) >= 11 is 1.40. The van der Waals surface area contributed by atoms with E-state index < -0.39 is 0 Å². The summed E-state index contributed by atoms with van der Waals surface area (Å²) < 4.78 is 18.2. The number of methoxy groups -OCH3 is 1. The number of benzene rings is 1. The molecule has 8 nitrogen and oxygen atoms in total. The number of anilines is 3. The quantitative estimate of drug-likeness (QED) is 0.271. The number of carbonyl (C=O) groups excluding carboxylic acids is 1. The lowest BCUT2D eigenvalue weighted by molar-refractivity contribution is 0.0951. The molecule has 0 aliphatic carbocycles. The molecule has 0 atom stereocenters. The predicted octanol–water partition coefficient (Wildman–Crippen LogP) is 3.33. The van der Waals surface area contributed by atoms with Crippen LogP contribution >= 0.6 is 11.8 Å². The minimum atomic E-state index is -0.304. The Balaban J connectivity index is 1.58. The van der Waals surface area contributed by atoms with Crippen molar-refractivity contribution in [1.29, 1.82) is 0 Å². The van der Waals surface area contributed by atoms with E-state index in [2.05, 4.69) is 30.9 Å². The van der Waals surface area contributed by atoms with E-state index in [0.29, 0.717) is 41.1 Å². The summed E-state index contributed by atoms with van der Waals surface area (Å²) in [7, 11) is 1.47. The van der Waals surface area contributed by atoms with Crippen molar-refractivity contribution < 1.29 is 13.9 Å². The molecular weight excluding hydrogens is 407 g/mol. The first-order valence-corrected chi connectivity index (χ1v) is 10.3. The standard InChI is InChI=1S/C20H21FN6O2S/c1-29-19-15(4-3-9-24-19)18(28)23-11-10-22-16-12-17(27-20(26-16)30-2)25-14-7-5-13(21)6-8-14/h3-9,12H,10-11H2,1-2H3,(H,23,28)(H2,22,25,26,27). The number of nitrogens with one attached hydrogen (secondary N) is 3. The molecule has 3 rings (SSSR count). The maximum Gasteiger partial charge on any atom is 0.256 e. The minimum absolute atomic E-state index is 0.270. The van der Waals surface area contributed by atoms with Crippen LogP contribution in [0.25, 0.3) is 0 Å². The normalized spacial score (nSPS) is 10.4. The molecular formula is C20H21FN6O2S. The van der Waals surface area contributed by atoms with E-state index in [-0.39, 0.29) is 17.6 Å². The Labute approximate surface area is 177 Å². The first-order valence-electron chi connectivity index (χ1n) is 9.06. The lowest BCUT2D eigenvalue weighted by atomic mass is 10.2. The average molecular weight is 428 g/mol. The van der Waals surface area contributed by atoms with E-state index >= 15 is 0 Å². The third kappa shape index (κ3) is 5.80. The monoisotopic (exact) mass is 428 g/mol. The number of rotatable bonds is 9. The Bertz CT molecular complexity index is 1000. The van der Waals surface area contributed by atoms with Gasteiger partial charge in [-0.05, 0) is 42.7 Å². The highest BCUT2D eigenvalue weighted by Gasteiger charge is 2.12. The average Bonchev–Trinajstić information content (AvgIpc) is 2.78. The fraction of sp³-hybridized carbons (Fsp3) is 0.200. The Kier molecular flexibility index (Phi) is 7.39. The number of ether oxygens (including phenoxy) is 1. The number of amides is 1. The number of thioether (sulfide) groups is 1. The number of hydrogen-bond donors (Lipinski definition) is 3. The van der Waals surface area contributed by atoms with Crippen LogP contribution in [0.2, 0.25) is 0 Å². The molecule has 0 fully saturated rings. The number of nitrogens with zero attached hydrogens (tertiary/aromatic N) is 3. The molecule has 0 radical (unpaired) electrons. The van der Waals surface area contributed by atoms with E-state index in [4.69, 9.17) is 4.74 Å². The van der Waals surface area contributed by atoms with E-state index in [9.17, 15) is 9.18 Å². The first kappa shape index (κ1) is 21.3. The van der Waals surface area contributed by atoms with Gasteiger partial charge in [-0.3, -0.25) is 4.79 Å². The maximum absolute atomic E-state index is 13.1. The Morgan fingerprint density at radius 3 is 2.63 bits per heavy atom. The van der Waals surface area contributed by atoms with Crippen molar-refractivity contribution in [3.05, 3.63) is 60.0 Å². The van der Waals surface area contributed by atoms with E-state index in [1.807, 2.05) is 6.26 Å². The third-order valence-electron chi connectivity index (χ3n) is 3.93. The predicted molar refractivity (Wildman–Crippen MR) is 115 cm³/mol. The molecule has 0 saturated heterocycles. The molecule has 0 unspecified atom stereocenters. The smallest absolute Gasteiger partial charge is 0.256 e. The van der Waals surface area contributed by atoms with Crippen molar-refractivity contribution in [1.82, 2.24) is 20.3 Å². The minimum Gasteiger partial charge on any atom is -0.480 e. The van der Waals surface area contributed by atoms with Crippen LogP contribution in [0, 0.1) is 5.82 Å². The molecule has 0 aliphatic heterocycles. The molecule has 0 spiro atoms. The first-order chi connectivity index (χ1) is 14.6. The zero-order chi connectivity index (χ0) is 21.3. The molecule has 3 N–H and O–H groups in total. The van der Waals surface area contributed by atoms with Gasteiger partial charge in [0.25, 0.3) is 5.91 Å². The summed E-state index contributed by atoms with van der Waals surface area (Å²) in [6.07, 6.45) is 3.44. The van der Waals surface area contributed by atoms with Crippen LogP contribution in [0.1, 0.15) is 10.4 Å². The summed E-state index contributed by atoms with van der Waals surface area (Å²) in [6.45, 7) is 0.825. The number of pyridine rings is 1. The zero-order valence-corrected chi connectivity index (χ0v) is 17.3. The van der Waals surface area contributed by atoms with Gasteiger partial charge in [0.1, 0.15) is 23.0 Å². The zero-order valence-electron chi connectivity index (χ0n) is 16.5. The van der Waals surface area contributed by atoms with Crippen molar-refractivity contribution >= 4 is 35.0 Å². The molecule has 1 aromatic carbocycles. The largest absolute Gasteiger partial charge is 0.480 e. The fourth-order valence-electron chi connectivity index (χ4n) is 2.54. The summed E-state index contributed by atoms with van der Waals surface area (Å²) in [5, 5.41) is 9.68. The molecule has 30 heavy (non-hydrogen) atoms. The Morgan fingerprint density at radius 1 is 1.13 bits per heavy atom. The van der Waals surface area contributed by atoms with E-state index in [1.54, 1.807) is 36.5 Å². The SMILES string of the molecule is COc1ncccc1C(=O)NCCNc1cc(Nc2ccc(F)cc2)nc(SC)n1. The summed E-state index contributed by atoms with van der Waals surface area (Å²) in [4.78, 5) is 25.1. The van der Waals surface area contributed by atoms with Crippen molar-refractivity contribution in [3.63, 3.8) is 0 Å². The summed E-state index contributed by atoms with van der Waals surface area (Å²) in [5.41, 5.74) is 1.09. The maximum atomic E-state index is 13.1. The van der Waals surface area contributed by atoms with Gasteiger partial charge in [-0.25, -0.2) is 19.3 Å². The molecule has 3 aromatic rings. The van der Waals surface area contributed by atoms with Gasteiger partial charge < -0.3 is 20.7 Å². The summed E-state index contributed by atoms with van der Waals surface area (Å²) in [5.74, 6) is 0.883. The second-order valence-corrected chi connectivity index (χ2v) is 6.77. The van der Waals surface area contributed by atoms with Gasteiger partial charge in [-0.2, -0.15) is 0 Å². The van der Waals surface area contributed by atoms with Gasteiger partial charge in [0.15, 0.2) is 5.16 Å². The highest BCUT2D eigenvalue weighted by atomic mass is 32.2. The number of halogens is 1. The Hall–Kier alpha value is -3.40. The second-order valence-electron chi connectivity index (χ2n) is 6.00. The van der Waals surface area contributed by atoms with Gasteiger partial charge in [0.2, 0.25) is 5.88 Å². The van der Waals surface area contributed by atoms with Crippen LogP contribution < -0.4 is 20.7 Å². The molecule has 156 valence electrons. The van der Waals surface area contributed by atoms with Crippen LogP contribution in [-0.4, -0.2) is 47.3 Å². The highest BCUT2D eigenvalue weighted by Crippen LogP contribution is 2.21. The van der Waals surface area contributed by atoms with Crippen LogP contribution in [0.5, 0.6) is 5.88 Å². The Morgan fingerprint density at radius 2 is 1.90 bits per heavy atom. The molecule has 0 aliphatic rings. The number of hydrogen-bond acceptors (Lipinski definition) is 8. The fourth-order valence-corrected chi connectivity index (χ4v) is 2.92. The van der Waals surface area contributed by atoms with Crippen molar-refractivity contribution in [2.75, 3.05) is 37.1 Å². The van der Waals surface area contributed by atoms with Crippen molar-refractivity contribution in [3.8, 4) is 5.88 Å². The van der Waals surface area contributed by atoms with Crippen LogP contribution in [0.4, 0.5) is 21.7 Å². The molecule has 10 heteroatoms. The number of aromatic nitrogens is 3. The van der Waals surface area contributed by atoms with Gasteiger partial charge in [0, 0.05) is 31.0 Å². The van der Waals surface area contributed by atoms with Gasteiger partial charge in [-0.1, -0.05) is 11.8 Å². The molecule has 2 aromatic heterocycles. The van der Waals surface area contributed by atoms with E-state index in [1.165, 1.54) is 31.0 Å². The highest BCUT2D eigenvalue weighted by molar-refractivity contribution is 7.98. The van der Waals surface area contributed by atoms with E-state index in [0.717, 1.165) is 0 Å². The molecule has 2 heterocycles. The lowest BCUT2D eigenvalue weighted by Crippen LogP contribution is -2.29. The van der Waals surface area contributed by atoms with Crippen molar-refractivity contribution in [2.45, 2.75) is 5.16 Å². The van der Waals surface area contributed by atoms with Crippen LogP contribution in [0.3, 0.4) is 0 Å². The molecule has 1 amide bonds. The van der Waals surface area contributed by atoms with Crippen LogP contribution in [0.15, 0.2) is 53.8 Å². The number of carbonyl (C=O) groups is 1. The third-order valence-corrected chi connectivity index (χ3v) is 4.48. The van der Waals surface area contributed by atoms with Gasteiger partial charge in [0.05, 0.1) is 7.11 Å². The van der Waals surface area contributed by atoms with Gasteiger partial charge >= 0.3 is 0 Å². The topological polar surface area (TPSA) is 101 Å². The van der Waals surface area contributed by atoms with Crippen molar-refractivity contribution in [2.24, 2.45) is 0 Å². The second kappa shape index (κ2) is 10.4. The van der Waals surface area contributed by atoms with Gasteiger partial charge in [-0.15, -0.1) is 0 Å². The molecule has 0 bridgehead atoms. The lowest BCUT2D eigenvalue weighted by Gasteiger charge is -2.12. The molecule has 0 saturated carbocycles. The summed E-state index contributed by atoms with van der Waals surface area (Å²) in [6, 6.07) is 11.1.